The molecule has 0 aliphatic heterocycles. The van der Waals surface area contributed by atoms with Gasteiger partial charge in [0.2, 0.25) is 5.95 Å². The van der Waals surface area contributed by atoms with E-state index in [4.69, 9.17) is 17.3 Å². The van der Waals surface area contributed by atoms with Gasteiger partial charge in [0.1, 0.15) is 11.0 Å². The zero-order valence-electron chi connectivity index (χ0n) is 8.91. The lowest BCUT2D eigenvalue weighted by Crippen LogP contribution is -2.33. The smallest absolute Gasteiger partial charge is 0.223 e. The van der Waals surface area contributed by atoms with Gasteiger partial charge in [0.25, 0.3) is 0 Å². The highest BCUT2D eigenvalue weighted by Gasteiger charge is 2.30. The molecule has 16 heavy (non-hydrogen) atoms. The van der Waals surface area contributed by atoms with Crippen LogP contribution in [0.4, 0.5) is 11.8 Å². The summed E-state index contributed by atoms with van der Waals surface area (Å²) in [6.07, 6.45) is 3.80. The second-order valence-electron chi connectivity index (χ2n) is 4.22. The summed E-state index contributed by atoms with van der Waals surface area (Å²) in [6, 6.07) is 1.59. The number of hydrogen-bond donors (Lipinski definition) is 3. The van der Waals surface area contributed by atoms with E-state index in [-0.39, 0.29) is 5.95 Å². The van der Waals surface area contributed by atoms with Crippen molar-refractivity contribution in [2.45, 2.75) is 31.3 Å². The summed E-state index contributed by atoms with van der Waals surface area (Å²) < 4.78 is 0. The number of halogens is 1. The number of rotatable bonds is 3. The topological polar surface area (TPSA) is 84.1 Å². The zero-order valence-corrected chi connectivity index (χ0v) is 9.67. The predicted molar refractivity (Wildman–Crippen MR) is 63.4 cm³/mol. The summed E-state index contributed by atoms with van der Waals surface area (Å²) in [5.74, 6) is 0.686. The molecular weight excluding hydrogens is 228 g/mol. The second-order valence-corrected chi connectivity index (χ2v) is 4.61. The van der Waals surface area contributed by atoms with E-state index in [1.165, 1.54) is 0 Å². The molecule has 6 heteroatoms. The Kier molecular flexibility index (Phi) is 3.16. The normalized spacial score (nSPS) is 18.6. The van der Waals surface area contributed by atoms with E-state index in [0.717, 1.165) is 25.7 Å². The van der Waals surface area contributed by atoms with Crippen LogP contribution in [0.1, 0.15) is 25.7 Å². The highest BCUT2D eigenvalue weighted by atomic mass is 35.5. The van der Waals surface area contributed by atoms with Gasteiger partial charge in [-0.25, -0.2) is 4.98 Å². The van der Waals surface area contributed by atoms with Crippen molar-refractivity contribution in [3.8, 4) is 0 Å². The van der Waals surface area contributed by atoms with Gasteiger partial charge in [-0.05, 0) is 12.8 Å². The molecule has 1 fully saturated rings. The molecule has 1 aliphatic rings. The van der Waals surface area contributed by atoms with Crippen molar-refractivity contribution in [2.75, 3.05) is 17.6 Å². The van der Waals surface area contributed by atoms with Crippen molar-refractivity contribution in [2.24, 2.45) is 0 Å². The van der Waals surface area contributed by atoms with E-state index in [2.05, 4.69) is 15.3 Å². The molecule has 0 atom stereocenters. The predicted octanol–water partition coefficient (Wildman–Crippen LogP) is 1.43. The number of aliphatic hydroxyl groups is 1. The van der Waals surface area contributed by atoms with Crippen LogP contribution in [0.5, 0.6) is 0 Å². The number of nitrogens with two attached hydrogens (primary N) is 1. The van der Waals surface area contributed by atoms with Gasteiger partial charge in [-0.15, -0.1) is 0 Å². The minimum atomic E-state index is -0.619. The maximum Gasteiger partial charge on any atom is 0.223 e. The first-order valence-corrected chi connectivity index (χ1v) is 5.72. The molecular formula is C10H15ClN4O. The zero-order chi connectivity index (χ0) is 11.6. The lowest BCUT2D eigenvalue weighted by atomic mass is 10.0. The van der Waals surface area contributed by atoms with E-state index in [0.29, 0.717) is 17.5 Å². The van der Waals surface area contributed by atoms with Gasteiger partial charge in [-0.3, -0.25) is 0 Å². The van der Waals surface area contributed by atoms with Crippen LogP contribution in [0, 0.1) is 0 Å². The van der Waals surface area contributed by atoms with Crippen molar-refractivity contribution in [1.82, 2.24) is 9.97 Å². The number of nitrogens with zero attached hydrogens (tertiary/aromatic N) is 2. The van der Waals surface area contributed by atoms with Gasteiger partial charge in [-0.1, -0.05) is 24.4 Å². The highest BCUT2D eigenvalue weighted by Crippen LogP contribution is 2.29. The fraction of sp³-hybridized carbons (Fsp3) is 0.600. The number of anilines is 2. The first kappa shape index (κ1) is 11.4. The molecule has 1 aromatic heterocycles. The van der Waals surface area contributed by atoms with Crippen LogP contribution in [0.2, 0.25) is 5.15 Å². The first-order chi connectivity index (χ1) is 7.57. The standard InChI is InChI=1S/C10H15ClN4O/c11-7-5-8(15-9(12)14-7)13-6-10(16)3-1-2-4-10/h5,16H,1-4,6H2,(H3,12,13,14,15). The van der Waals surface area contributed by atoms with E-state index in [9.17, 15) is 5.11 Å². The Morgan fingerprint density at radius 3 is 2.75 bits per heavy atom. The fourth-order valence-electron chi connectivity index (χ4n) is 1.99. The molecule has 5 nitrogen and oxygen atoms in total. The average molecular weight is 243 g/mol. The molecule has 0 aromatic carbocycles. The van der Waals surface area contributed by atoms with Crippen molar-refractivity contribution in [1.29, 1.82) is 0 Å². The summed E-state index contributed by atoms with van der Waals surface area (Å²) in [5.41, 5.74) is 4.85. The van der Waals surface area contributed by atoms with Crippen LogP contribution < -0.4 is 11.1 Å². The van der Waals surface area contributed by atoms with Crippen LogP contribution in [-0.4, -0.2) is 27.2 Å². The molecule has 1 saturated carbocycles. The monoisotopic (exact) mass is 242 g/mol. The Morgan fingerprint density at radius 1 is 1.44 bits per heavy atom. The van der Waals surface area contributed by atoms with Crippen LogP contribution in [0.15, 0.2) is 6.07 Å². The summed E-state index contributed by atoms with van der Waals surface area (Å²) >= 11 is 5.75. The quantitative estimate of drug-likeness (QED) is 0.699. The van der Waals surface area contributed by atoms with Gasteiger partial charge in [0, 0.05) is 12.6 Å². The van der Waals surface area contributed by atoms with E-state index in [1.54, 1.807) is 6.07 Å². The average Bonchev–Trinajstić information content (AvgIpc) is 2.62. The number of nitrogens with one attached hydrogen (secondary N) is 1. The van der Waals surface area contributed by atoms with Crippen molar-refractivity contribution in [3.05, 3.63) is 11.2 Å². The van der Waals surface area contributed by atoms with Crippen LogP contribution in [0.3, 0.4) is 0 Å². The largest absolute Gasteiger partial charge is 0.388 e. The van der Waals surface area contributed by atoms with E-state index < -0.39 is 5.60 Å². The van der Waals surface area contributed by atoms with Gasteiger partial charge in [-0.2, -0.15) is 4.98 Å². The SMILES string of the molecule is Nc1nc(Cl)cc(NCC2(O)CCCC2)n1. The third kappa shape index (κ3) is 2.74. The van der Waals surface area contributed by atoms with Gasteiger partial charge < -0.3 is 16.2 Å². The molecule has 1 aromatic rings. The third-order valence-electron chi connectivity index (χ3n) is 2.85. The lowest BCUT2D eigenvalue weighted by molar-refractivity contribution is 0.0614. The molecule has 2 rings (SSSR count). The van der Waals surface area contributed by atoms with Crippen molar-refractivity contribution in [3.63, 3.8) is 0 Å². The van der Waals surface area contributed by atoms with Crippen molar-refractivity contribution < 1.29 is 5.11 Å². The minimum absolute atomic E-state index is 0.133. The van der Waals surface area contributed by atoms with Gasteiger partial charge in [0.15, 0.2) is 0 Å². The molecule has 0 radical (unpaired) electrons. The summed E-state index contributed by atoms with van der Waals surface area (Å²) in [5, 5.41) is 13.5. The molecule has 0 unspecified atom stereocenters. The summed E-state index contributed by atoms with van der Waals surface area (Å²) in [4.78, 5) is 7.75. The first-order valence-electron chi connectivity index (χ1n) is 5.34. The summed E-state index contributed by atoms with van der Waals surface area (Å²) in [6.45, 7) is 0.472. The van der Waals surface area contributed by atoms with E-state index in [1.807, 2.05) is 0 Å². The third-order valence-corrected chi connectivity index (χ3v) is 3.04. The van der Waals surface area contributed by atoms with Crippen LogP contribution in [-0.2, 0) is 0 Å². The molecule has 0 bridgehead atoms. The molecule has 4 N–H and O–H groups in total. The molecule has 1 aliphatic carbocycles. The number of nitrogen functional groups attached to an aromatic ring is 1. The lowest BCUT2D eigenvalue weighted by Gasteiger charge is -2.22. The summed E-state index contributed by atoms with van der Waals surface area (Å²) in [7, 11) is 0. The molecule has 0 saturated heterocycles. The second kappa shape index (κ2) is 4.43. The molecule has 1 heterocycles. The number of aromatic nitrogens is 2. The fourth-order valence-corrected chi connectivity index (χ4v) is 2.18. The number of hydrogen-bond acceptors (Lipinski definition) is 5. The molecule has 0 amide bonds. The van der Waals surface area contributed by atoms with Crippen LogP contribution >= 0.6 is 11.6 Å². The molecule has 88 valence electrons. The van der Waals surface area contributed by atoms with E-state index >= 15 is 0 Å². The Bertz CT molecular complexity index is 359. The molecule has 0 spiro atoms. The van der Waals surface area contributed by atoms with Gasteiger partial charge in [0.05, 0.1) is 5.60 Å². The Balaban J connectivity index is 1.98. The Labute approximate surface area is 99.0 Å². The van der Waals surface area contributed by atoms with Crippen molar-refractivity contribution >= 4 is 23.4 Å². The van der Waals surface area contributed by atoms with Crippen LogP contribution in [0.25, 0.3) is 0 Å². The maximum atomic E-state index is 10.1. The highest BCUT2D eigenvalue weighted by molar-refractivity contribution is 6.29. The van der Waals surface area contributed by atoms with Gasteiger partial charge >= 0.3 is 0 Å². The minimum Gasteiger partial charge on any atom is -0.388 e. The maximum absolute atomic E-state index is 10.1. The Hall–Kier alpha value is -1.07. The Morgan fingerprint density at radius 2 is 2.12 bits per heavy atom.